The Balaban J connectivity index is 2.06. The van der Waals surface area contributed by atoms with E-state index in [1.165, 1.54) is 6.33 Å². The van der Waals surface area contributed by atoms with Gasteiger partial charge in [0.2, 0.25) is 0 Å². The molecule has 1 aromatic carbocycles. The van der Waals surface area contributed by atoms with E-state index in [-0.39, 0.29) is 0 Å². The molecule has 18 heavy (non-hydrogen) atoms. The summed E-state index contributed by atoms with van der Waals surface area (Å²) >= 11 is 12.0. The molecule has 3 rings (SSSR count). The Morgan fingerprint density at radius 2 is 1.94 bits per heavy atom. The number of fused-ring (bicyclic) bond motifs is 1. The highest BCUT2D eigenvalue weighted by Crippen LogP contribution is 2.19. The van der Waals surface area contributed by atoms with E-state index in [0.717, 1.165) is 5.56 Å². The summed E-state index contributed by atoms with van der Waals surface area (Å²) in [6, 6.07) is 7.56. The first-order valence-corrected chi connectivity index (χ1v) is 5.94. The van der Waals surface area contributed by atoms with E-state index in [2.05, 4.69) is 20.3 Å². The second-order valence-electron chi connectivity index (χ2n) is 3.68. The maximum atomic E-state index is 6.10. The van der Waals surface area contributed by atoms with Crippen LogP contribution in [0.3, 0.4) is 0 Å². The van der Waals surface area contributed by atoms with Crippen LogP contribution in [0.2, 0.25) is 10.2 Å². The van der Waals surface area contributed by atoms with E-state index >= 15 is 0 Å². The van der Waals surface area contributed by atoms with E-state index in [1.54, 1.807) is 4.68 Å². The van der Waals surface area contributed by atoms with Crippen LogP contribution in [0.25, 0.3) is 11.2 Å². The Morgan fingerprint density at radius 1 is 1.11 bits per heavy atom. The SMILES string of the molecule is Clc1ccccc1Cn1nnc2c(Cl)ncnc21. The van der Waals surface area contributed by atoms with Crippen molar-refractivity contribution in [3.8, 4) is 0 Å². The summed E-state index contributed by atoms with van der Waals surface area (Å²) in [7, 11) is 0. The summed E-state index contributed by atoms with van der Waals surface area (Å²) in [5.74, 6) is 0. The molecule has 90 valence electrons. The molecule has 0 unspecified atom stereocenters. The number of aromatic nitrogens is 5. The highest BCUT2D eigenvalue weighted by molar-refractivity contribution is 6.33. The van der Waals surface area contributed by atoms with E-state index in [1.807, 2.05) is 24.3 Å². The fourth-order valence-electron chi connectivity index (χ4n) is 1.66. The third-order valence-electron chi connectivity index (χ3n) is 2.53. The lowest BCUT2D eigenvalue weighted by atomic mass is 10.2. The first-order valence-electron chi connectivity index (χ1n) is 5.19. The topological polar surface area (TPSA) is 56.5 Å². The lowest BCUT2D eigenvalue weighted by Gasteiger charge is -2.03. The molecular formula is C11H7Cl2N5. The standard InChI is InChI=1S/C11H7Cl2N5/c12-8-4-2-1-3-7(8)5-18-11-9(16-17-18)10(13)14-6-15-11/h1-4,6H,5H2. The van der Waals surface area contributed by atoms with Gasteiger partial charge in [0.1, 0.15) is 6.33 Å². The molecule has 0 saturated heterocycles. The van der Waals surface area contributed by atoms with Crippen LogP contribution in [0.15, 0.2) is 30.6 Å². The van der Waals surface area contributed by atoms with Crippen LogP contribution in [-0.4, -0.2) is 25.0 Å². The zero-order chi connectivity index (χ0) is 12.5. The Labute approximate surface area is 112 Å². The second kappa shape index (κ2) is 4.51. The van der Waals surface area contributed by atoms with Crippen molar-refractivity contribution in [3.63, 3.8) is 0 Å². The first kappa shape index (κ1) is 11.4. The van der Waals surface area contributed by atoms with Gasteiger partial charge in [0, 0.05) is 5.02 Å². The Kier molecular flexibility index (Phi) is 2.85. The van der Waals surface area contributed by atoms with Gasteiger partial charge in [0.25, 0.3) is 0 Å². The molecular weight excluding hydrogens is 273 g/mol. The van der Waals surface area contributed by atoms with Crippen LogP contribution in [0.4, 0.5) is 0 Å². The maximum absolute atomic E-state index is 6.10. The summed E-state index contributed by atoms with van der Waals surface area (Å²) in [6.45, 7) is 0.490. The van der Waals surface area contributed by atoms with Crippen LogP contribution in [-0.2, 0) is 6.54 Å². The van der Waals surface area contributed by atoms with E-state index in [4.69, 9.17) is 23.2 Å². The largest absolute Gasteiger partial charge is 0.222 e. The van der Waals surface area contributed by atoms with Gasteiger partial charge in [-0.05, 0) is 11.6 Å². The molecule has 0 N–H and O–H groups in total. The normalized spacial score (nSPS) is 11.0. The van der Waals surface area contributed by atoms with Gasteiger partial charge >= 0.3 is 0 Å². The second-order valence-corrected chi connectivity index (χ2v) is 4.44. The minimum atomic E-state index is 0.297. The van der Waals surface area contributed by atoms with Gasteiger partial charge in [-0.25, -0.2) is 14.6 Å². The smallest absolute Gasteiger partial charge is 0.183 e. The number of benzene rings is 1. The number of rotatable bonds is 2. The predicted octanol–water partition coefficient (Wildman–Crippen LogP) is 2.58. The highest BCUT2D eigenvalue weighted by atomic mass is 35.5. The minimum absolute atomic E-state index is 0.297. The third kappa shape index (κ3) is 1.91. The van der Waals surface area contributed by atoms with Crippen LogP contribution in [0.5, 0.6) is 0 Å². The van der Waals surface area contributed by atoms with Crippen molar-refractivity contribution in [2.75, 3.05) is 0 Å². The fraction of sp³-hybridized carbons (Fsp3) is 0.0909. The van der Waals surface area contributed by atoms with Crippen LogP contribution < -0.4 is 0 Å². The monoisotopic (exact) mass is 279 g/mol. The van der Waals surface area contributed by atoms with Gasteiger partial charge in [-0.1, -0.05) is 46.6 Å². The van der Waals surface area contributed by atoms with Crippen molar-refractivity contribution in [2.24, 2.45) is 0 Å². The summed E-state index contributed by atoms with van der Waals surface area (Å²) < 4.78 is 1.64. The number of hydrogen-bond acceptors (Lipinski definition) is 4. The van der Waals surface area contributed by atoms with E-state index < -0.39 is 0 Å². The lowest BCUT2D eigenvalue weighted by molar-refractivity contribution is 0.664. The van der Waals surface area contributed by atoms with Crippen molar-refractivity contribution < 1.29 is 0 Å². The van der Waals surface area contributed by atoms with Crippen molar-refractivity contribution >= 4 is 34.4 Å². The highest BCUT2D eigenvalue weighted by Gasteiger charge is 2.11. The molecule has 0 aliphatic rings. The van der Waals surface area contributed by atoms with Gasteiger partial charge in [-0.2, -0.15) is 0 Å². The summed E-state index contributed by atoms with van der Waals surface area (Å²) in [6.07, 6.45) is 1.39. The Hall–Kier alpha value is -1.72. The molecule has 0 atom stereocenters. The molecule has 2 heterocycles. The van der Waals surface area contributed by atoms with E-state index in [0.29, 0.717) is 27.9 Å². The minimum Gasteiger partial charge on any atom is -0.222 e. The van der Waals surface area contributed by atoms with E-state index in [9.17, 15) is 0 Å². The molecule has 0 bridgehead atoms. The van der Waals surface area contributed by atoms with Crippen LogP contribution >= 0.6 is 23.2 Å². The maximum Gasteiger partial charge on any atom is 0.183 e. The third-order valence-corrected chi connectivity index (χ3v) is 3.18. The zero-order valence-electron chi connectivity index (χ0n) is 9.09. The van der Waals surface area contributed by atoms with Crippen molar-refractivity contribution in [1.29, 1.82) is 0 Å². The number of halogens is 2. The van der Waals surface area contributed by atoms with Crippen LogP contribution in [0, 0.1) is 0 Å². The lowest BCUT2D eigenvalue weighted by Crippen LogP contribution is -2.03. The Bertz CT molecular complexity index is 709. The number of hydrogen-bond donors (Lipinski definition) is 0. The van der Waals surface area contributed by atoms with Gasteiger partial charge < -0.3 is 0 Å². The van der Waals surface area contributed by atoms with Gasteiger partial charge in [-0.15, -0.1) is 5.10 Å². The average molecular weight is 280 g/mol. The predicted molar refractivity (Wildman–Crippen MR) is 68.7 cm³/mol. The van der Waals surface area contributed by atoms with Gasteiger partial charge in [0.15, 0.2) is 16.3 Å². The van der Waals surface area contributed by atoms with Crippen molar-refractivity contribution in [2.45, 2.75) is 6.54 Å². The quantitative estimate of drug-likeness (QED) is 0.677. The molecule has 0 aliphatic heterocycles. The number of nitrogens with zero attached hydrogens (tertiary/aromatic N) is 5. The molecule has 0 amide bonds. The molecule has 2 aromatic heterocycles. The molecule has 0 saturated carbocycles. The zero-order valence-corrected chi connectivity index (χ0v) is 10.6. The molecule has 3 aromatic rings. The molecule has 5 nitrogen and oxygen atoms in total. The first-order chi connectivity index (χ1) is 8.75. The van der Waals surface area contributed by atoms with Crippen molar-refractivity contribution in [1.82, 2.24) is 25.0 Å². The van der Waals surface area contributed by atoms with Gasteiger partial charge in [0.05, 0.1) is 6.54 Å². The molecule has 7 heteroatoms. The fourth-order valence-corrected chi connectivity index (χ4v) is 2.02. The summed E-state index contributed by atoms with van der Waals surface area (Å²) in [4.78, 5) is 7.98. The molecule has 0 spiro atoms. The average Bonchev–Trinajstić information content (AvgIpc) is 2.77. The summed E-state index contributed by atoms with van der Waals surface area (Å²) in [5.41, 5.74) is 2.03. The molecule has 0 radical (unpaired) electrons. The molecule has 0 fully saturated rings. The van der Waals surface area contributed by atoms with Crippen LogP contribution in [0.1, 0.15) is 5.56 Å². The summed E-state index contributed by atoms with van der Waals surface area (Å²) in [5, 5.41) is 8.95. The van der Waals surface area contributed by atoms with Crippen molar-refractivity contribution in [3.05, 3.63) is 46.3 Å². The Morgan fingerprint density at radius 3 is 2.78 bits per heavy atom. The molecule has 0 aliphatic carbocycles. The van der Waals surface area contributed by atoms with Gasteiger partial charge in [-0.3, -0.25) is 0 Å².